The van der Waals surface area contributed by atoms with Crippen LogP contribution >= 0.6 is 0 Å². The molecule has 2 rings (SSSR count). The molecule has 1 amide bonds. The highest BCUT2D eigenvalue weighted by Gasteiger charge is 2.36. The number of carbonyl (C=O) groups excluding carboxylic acids is 1. The highest BCUT2D eigenvalue weighted by Crippen LogP contribution is 2.32. The van der Waals surface area contributed by atoms with Crippen LogP contribution in [0, 0.1) is 19.3 Å². The number of nitrogens with zero attached hydrogens (tertiary/aromatic N) is 1. The quantitative estimate of drug-likeness (QED) is 0.792. The van der Waals surface area contributed by atoms with Crippen molar-refractivity contribution in [2.45, 2.75) is 64.8 Å². The van der Waals surface area contributed by atoms with Crippen molar-refractivity contribution in [2.75, 3.05) is 18.5 Å². The zero-order valence-electron chi connectivity index (χ0n) is 16.3. The van der Waals surface area contributed by atoms with Crippen LogP contribution in [0.25, 0.3) is 0 Å². The number of benzene rings is 1. The van der Waals surface area contributed by atoms with Gasteiger partial charge in [0, 0.05) is 23.7 Å². The monoisotopic (exact) mass is 382 g/mol. The molecule has 0 spiro atoms. The summed E-state index contributed by atoms with van der Waals surface area (Å²) < 4.78 is 27.7. The number of amides is 1. The fraction of sp³-hybridized carbons (Fsp3) is 0.632. The van der Waals surface area contributed by atoms with Gasteiger partial charge in [-0.1, -0.05) is 20.8 Å². The maximum atomic E-state index is 13.2. The Hall–Kier alpha value is -1.44. The van der Waals surface area contributed by atoms with E-state index in [4.69, 9.17) is 0 Å². The lowest BCUT2D eigenvalue weighted by atomic mass is 9.89. The summed E-state index contributed by atoms with van der Waals surface area (Å²) >= 11 is 0. The van der Waals surface area contributed by atoms with E-state index in [0.717, 1.165) is 12.0 Å². The Bertz CT molecular complexity index is 787. The van der Waals surface area contributed by atoms with E-state index in [0.29, 0.717) is 30.6 Å². The summed E-state index contributed by atoms with van der Waals surface area (Å²) in [6, 6.07) is 2.96. The van der Waals surface area contributed by atoms with Crippen molar-refractivity contribution in [1.29, 1.82) is 0 Å². The average molecular weight is 383 g/mol. The summed E-state index contributed by atoms with van der Waals surface area (Å²) in [6.45, 7) is 9.49. The van der Waals surface area contributed by atoms with Crippen LogP contribution in [0.2, 0.25) is 0 Å². The standard InChI is InChI=1S/C19H30N2O4S/c1-6-19(4,5)18(23)20-15-10-13(2)14(3)17(11-15)26(24,25)21-9-7-8-16(21)12-22/h10-11,16,22H,6-9,12H2,1-5H3,(H,20,23)/t16-/m1/s1. The molecule has 1 aliphatic heterocycles. The average Bonchev–Trinajstić information content (AvgIpc) is 3.07. The van der Waals surface area contributed by atoms with Gasteiger partial charge in [0.15, 0.2) is 0 Å². The number of hydrogen-bond donors (Lipinski definition) is 2. The van der Waals surface area contributed by atoms with Crippen molar-refractivity contribution in [3.63, 3.8) is 0 Å². The van der Waals surface area contributed by atoms with Crippen LogP contribution in [0.1, 0.15) is 51.2 Å². The lowest BCUT2D eigenvalue weighted by molar-refractivity contribution is -0.124. The number of carbonyl (C=O) groups is 1. The molecule has 0 radical (unpaired) electrons. The number of hydrogen-bond acceptors (Lipinski definition) is 4. The van der Waals surface area contributed by atoms with Crippen LogP contribution < -0.4 is 5.32 Å². The first-order valence-electron chi connectivity index (χ1n) is 9.10. The molecule has 7 heteroatoms. The molecule has 1 atom stereocenters. The van der Waals surface area contributed by atoms with Crippen LogP contribution in [0.4, 0.5) is 5.69 Å². The van der Waals surface area contributed by atoms with Crippen LogP contribution in [-0.4, -0.2) is 42.9 Å². The van der Waals surface area contributed by atoms with E-state index in [1.807, 2.05) is 27.7 Å². The lowest BCUT2D eigenvalue weighted by Gasteiger charge is -2.25. The Kier molecular flexibility index (Phi) is 6.15. The van der Waals surface area contributed by atoms with Crippen LogP contribution in [0.3, 0.4) is 0 Å². The first-order chi connectivity index (χ1) is 12.0. The summed E-state index contributed by atoms with van der Waals surface area (Å²) in [5.41, 5.74) is 1.42. The van der Waals surface area contributed by atoms with Gasteiger partial charge in [-0.3, -0.25) is 4.79 Å². The highest BCUT2D eigenvalue weighted by atomic mass is 32.2. The molecule has 146 valence electrons. The second-order valence-electron chi connectivity index (χ2n) is 7.70. The topological polar surface area (TPSA) is 86.7 Å². The van der Waals surface area contributed by atoms with E-state index in [9.17, 15) is 18.3 Å². The second kappa shape index (κ2) is 7.66. The Morgan fingerprint density at radius 2 is 2.00 bits per heavy atom. The summed E-state index contributed by atoms with van der Waals surface area (Å²) in [5, 5.41) is 12.4. The third kappa shape index (κ3) is 3.94. The number of anilines is 1. The van der Waals surface area contributed by atoms with E-state index in [1.165, 1.54) is 10.4 Å². The molecular weight excluding hydrogens is 352 g/mol. The number of aliphatic hydroxyl groups excluding tert-OH is 1. The number of aryl methyl sites for hydroxylation is 1. The number of aliphatic hydroxyl groups is 1. The minimum absolute atomic E-state index is 0.138. The minimum Gasteiger partial charge on any atom is -0.395 e. The molecule has 0 saturated carbocycles. The van der Waals surface area contributed by atoms with Gasteiger partial charge in [-0.15, -0.1) is 0 Å². The zero-order chi connectivity index (χ0) is 19.7. The molecule has 0 aromatic heterocycles. The molecule has 1 fully saturated rings. The van der Waals surface area contributed by atoms with Crippen molar-refractivity contribution in [1.82, 2.24) is 4.31 Å². The minimum atomic E-state index is -3.73. The Labute approximate surface area is 156 Å². The fourth-order valence-electron chi connectivity index (χ4n) is 3.06. The second-order valence-corrected chi connectivity index (χ2v) is 9.56. The van der Waals surface area contributed by atoms with Gasteiger partial charge < -0.3 is 10.4 Å². The van der Waals surface area contributed by atoms with Gasteiger partial charge in [0.25, 0.3) is 0 Å². The Morgan fingerprint density at radius 3 is 2.58 bits per heavy atom. The van der Waals surface area contributed by atoms with Crippen molar-refractivity contribution in [2.24, 2.45) is 5.41 Å². The molecule has 1 heterocycles. The maximum absolute atomic E-state index is 13.2. The van der Waals surface area contributed by atoms with Gasteiger partial charge in [-0.2, -0.15) is 4.31 Å². The normalized spacial score (nSPS) is 18.9. The van der Waals surface area contributed by atoms with Crippen molar-refractivity contribution in [3.8, 4) is 0 Å². The first kappa shape index (κ1) is 20.9. The molecule has 1 aromatic carbocycles. The molecule has 0 bridgehead atoms. The molecule has 1 aliphatic rings. The number of rotatable bonds is 6. The highest BCUT2D eigenvalue weighted by molar-refractivity contribution is 7.89. The summed E-state index contributed by atoms with van der Waals surface area (Å²) in [7, 11) is -3.73. The summed E-state index contributed by atoms with van der Waals surface area (Å²) in [4.78, 5) is 12.7. The lowest BCUT2D eigenvalue weighted by Crippen LogP contribution is -2.38. The largest absolute Gasteiger partial charge is 0.395 e. The van der Waals surface area contributed by atoms with Crippen LogP contribution in [-0.2, 0) is 14.8 Å². The van der Waals surface area contributed by atoms with E-state index in [1.54, 1.807) is 13.0 Å². The Balaban J connectivity index is 2.43. The van der Waals surface area contributed by atoms with Gasteiger partial charge in [-0.25, -0.2) is 8.42 Å². The Morgan fingerprint density at radius 1 is 1.35 bits per heavy atom. The van der Waals surface area contributed by atoms with Crippen molar-refractivity contribution in [3.05, 3.63) is 23.3 Å². The number of sulfonamides is 1. The van der Waals surface area contributed by atoms with Crippen LogP contribution in [0.5, 0.6) is 0 Å². The molecule has 0 unspecified atom stereocenters. The zero-order valence-corrected chi connectivity index (χ0v) is 17.1. The van der Waals surface area contributed by atoms with Gasteiger partial charge >= 0.3 is 0 Å². The SMILES string of the molecule is CCC(C)(C)C(=O)Nc1cc(C)c(C)c(S(=O)(=O)N2CCC[C@@H]2CO)c1. The first-order valence-corrected chi connectivity index (χ1v) is 10.5. The molecule has 1 saturated heterocycles. The molecule has 0 aliphatic carbocycles. The third-order valence-electron chi connectivity index (χ3n) is 5.50. The molecule has 1 aromatic rings. The van der Waals surface area contributed by atoms with E-state index in [-0.39, 0.29) is 23.5 Å². The maximum Gasteiger partial charge on any atom is 0.243 e. The number of nitrogens with one attached hydrogen (secondary N) is 1. The van der Waals surface area contributed by atoms with Crippen molar-refractivity contribution >= 4 is 21.6 Å². The predicted molar refractivity (Wildman–Crippen MR) is 103 cm³/mol. The predicted octanol–water partition coefficient (Wildman–Crippen LogP) is 2.82. The van der Waals surface area contributed by atoms with Crippen molar-refractivity contribution < 1.29 is 18.3 Å². The van der Waals surface area contributed by atoms with Gasteiger partial charge in [0.05, 0.1) is 11.5 Å². The fourth-order valence-corrected chi connectivity index (χ4v) is 5.07. The smallest absolute Gasteiger partial charge is 0.243 e. The van der Waals surface area contributed by atoms with E-state index < -0.39 is 15.4 Å². The molecule has 26 heavy (non-hydrogen) atoms. The molecule has 2 N–H and O–H groups in total. The van der Waals surface area contributed by atoms with E-state index >= 15 is 0 Å². The van der Waals surface area contributed by atoms with Gasteiger partial charge in [0.2, 0.25) is 15.9 Å². The van der Waals surface area contributed by atoms with E-state index in [2.05, 4.69) is 5.32 Å². The summed E-state index contributed by atoms with van der Waals surface area (Å²) in [5.74, 6) is -0.138. The van der Waals surface area contributed by atoms with Gasteiger partial charge in [-0.05, 0) is 56.4 Å². The van der Waals surface area contributed by atoms with Gasteiger partial charge in [0.1, 0.15) is 0 Å². The molecular formula is C19H30N2O4S. The third-order valence-corrected chi connectivity index (χ3v) is 7.57. The van der Waals surface area contributed by atoms with Crippen LogP contribution in [0.15, 0.2) is 17.0 Å². The summed E-state index contributed by atoms with van der Waals surface area (Å²) in [6.07, 6.45) is 2.08. The molecule has 6 nitrogen and oxygen atoms in total.